The first-order valence-corrected chi connectivity index (χ1v) is 5.81. The summed E-state index contributed by atoms with van der Waals surface area (Å²) in [5.41, 5.74) is 0. The molecule has 0 radical (unpaired) electrons. The molecule has 0 aromatic heterocycles. The molecule has 1 nitrogen and oxygen atoms in total. The van der Waals surface area contributed by atoms with Crippen LogP contribution in [-0.4, -0.2) is 18.2 Å². The molecule has 0 aliphatic carbocycles. The lowest BCUT2D eigenvalue weighted by molar-refractivity contribution is 0.591. The Labute approximate surface area is 87.5 Å². The van der Waals surface area contributed by atoms with Crippen LogP contribution in [-0.2, 0) is 0 Å². The van der Waals surface area contributed by atoms with E-state index in [1.54, 1.807) is 0 Å². The van der Waals surface area contributed by atoms with Crippen LogP contribution < -0.4 is 5.32 Å². The van der Waals surface area contributed by atoms with Gasteiger partial charge in [0.2, 0.25) is 0 Å². The van der Waals surface area contributed by atoms with Crippen molar-refractivity contribution in [1.82, 2.24) is 5.32 Å². The molecule has 0 saturated heterocycles. The molecule has 0 unspecified atom stereocenters. The topological polar surface area (TPSA) is 12.0 Å². The van der Waals surface area contributed by atoms with E-state index in [0.29, 0.717) is 0 Å². The third kappa shape index (κ3) is 10.7. The fraction of sp³-hybridized carbons (Fsp3) is 1.00. The van der Waals surface area contributed by atoms with Crippen LogP contribution in [0.1, 0.15) is 38.5 Å². The van der Waals surface area contributed by atoms with Crippen LogP contribution in [0.2, 0.25) is 0 Å². The van der Waals surface area contributed by atoms with Crippen molar-refractivity contribution >= 4 is 25.3 Å². The third-order valence-corrected chi connectivity index (χ3v) is 2.41. The Balaban J connectivity index is 2.82. The summed E-state index contributed by atoms with van der Waals surface area (Å²) in [5.74, 6) is 0. The summed E-state index contributed by atoms with van der Waals surface area (Å²) in [7, 11) is 2.01. The molecule has 0 atom stereocenters. The summed E-state index contributed by atoms with van der Waals surface area (Å²) in [6, 6.07) is 0. The number of thiol groups is 2. The van der Waals surface area contributed by atoms with Gasteiger partial charge in [-0.25, -0.2) is 0 Å². The molecule has 74 valence electrons. The fourth-order valence-electron chi connectivity index (χ4n) is 1.16. The van der Waals surface area contributed by atoms with Gasteiger partial charge in [-0.15, -0.1) is 0 Å². The minimum Gasteiger partial charge on any atom is -0.320 e. The fourth-order valence-corrected chi connectivity index (χ4v) is 1.52. The van der Waals surface area contributed by atoms with Gasteiger partial charge in [0.25, 0.3) is 0 Å². The highest BCUT2D eigenvalue weighted by molar-refractivity contribution is 7.99. The lowest BCUT2D eigenvalue weighted by Crippen LogP contribution is -2.06. The molecule has 0 aromatic rings. The van der Waals surface area contributed by atoms with Crippen molar-refractivity contribution in [3.05, 3.63) is 0 Å². The molecular formula is C9H21NS2. The summed E-state index contributed by atoms with van der Waals surface area (Å²) < 4.78 is 0.280. The summed E-state index contributed by atoms with van der Waals surface area (Å²) in [5, 5.41) is 3.15. The van der Waals surface area contributed by atoms with Crippen LogP contribution in [0.4, 0.5) is 0 Å². The van der Waals surface area contributed by atoms with Crippen molar-refractivity contribution in [2.45, 2.75) is 43.1 Å². The van der Waals surface area contributed by atoms with Crippen molar-refractivity contribution in [3.63, 3.8) is 0 Å². The Bertz CT molecular complexity index is 86.6. The maximum absolute atomic E-state index is 4.21. The smallest absolute Gasteiger partial charge is 0.0442 e. The molecule has 0 fully saturated rings. The Hall–Kier alpha value is 0.660. The van der Waals surface area contributed by atoms with Gasteiger partial charge in [0.1, 0.15) is 0 Å². The molecule has 1 N–H and O–H groups in total. The van der Waals surface area contributed by atoms with Gasteiger partial charge in [-0.2, -0.15) is 25.3 Å². The van der Waals surface area contributed by atoms with E-state index < -0.39 is 0 Å². The largest absolute Gasteiger partial charge is 0.320 e. The third-order valence-electron chi connectivity index (χ3n) is 1.89. The minimum atomic E-state index is 0.280. The molecular weight excluding hydrogens is 186 g/mol. The SMILES string of the molecule is CNCCCCCCCC(S)S. The predicted molar refractivity (Wildman–Crippen MR) is 63.4 cm³/mol. The molecule has 3 heteroatoms. The Morgan fingerprint density at radius 2 is 1.58 bits per heavy atom. The Kier molecular flexibility index (Phi) is 10.3. The zero-order valence-electron chi connectivity index (χ0n) is 7.92. The van der Waals surface area contributed by atoms with Crippen LogP contribution in [0.3, 0.4) is 0 Å². The standard InChI is InChI=1S/C9H21NS2/c1-10-8-6-4-2-3-5-7-9(11)12/h9-12H,2-8H2,1H3. The van der Waals surface area contributed by atoms with Gasteiger partial charge in [0.15, 0.2) is 0 Å². The highest BCUT2D eigenvalue weighted by atomic mass is 32.2. The number of hydrogen-bond donors (Lipinski definition) is 3. The number of unbranched alkanes of at least 4 members (excludes halogenated alkanes) is 4. The van der Waals surface area contributed by atoms with E-state index in [1.165, 1.54) is 32.1 Å². The Morgan fingerprint density at radius 3 is 2.17 bits per heavy atom. The zero-order chi connectivity index (χ0) is 9.23. The highest BCUT2D eigenvalue weighted by Crippen LogP contribution is 2.12. The van der Waals surface area contributed by atoms with E-state index in [1.807, 2.05) is 7.05 Å². The number of nitrogens with one attached hydrogen (secondary N) is 1. The second kappa shape index (κ2) is 9.75. The summed E-state index contributed by atoms with van der Waals surface area (Å²) in [4.78, 5) is 0. The lowest BCUT2D eigenvalue weighted by atomic mass is 10.1. The summed E-state index contributed by atoms with van der Waals surface area (Å²) in [6.07, 6.45) is 7.76. The predicted octanol–water partition coefficient (Wildman–Crippen LogP) is 2.73. The molecule has 0 amide bonds. The van der Waals surface area contributed by atoms with Gasteiger partial charge in [-0.1, -0.05) is 25.7 Å². The van der Waals surface area contributed by atoms with Crippen molar-refractivity contribution < 1.29 is 0 Å². The molecule has 12 heavy (non-hydrogen) atoms. The van der Waals surface area contributed by atoms with Crippen LogP contribution >= 0.6 is 25.3 Å². The van der Waals surface area contributed by atoms with Gasteiger partial charge >= 0.3 is 0 Å². The molecule has 0 rings (SSSR count). The van der Waals surface area contributed by atoms with E-state index in [0.717, 1.165) is 13.0 Å². The van der Waals surface area contributed by atoms with Crippen LogP contribution in [0.15, 0.2) is 0 Å². The van der Waals surface area contributed by atoms with Crippen LogP contribution in [0.5, 0.6) is 0 Å². The van der Waals surface area contributed by atoms with E-state index in [9.17, 15) is 0 Å². The normalized spacial score (nSPS) is 11.0. The van der Waals surface area contributed by atoms with Crippen molar-refractivity contribution in [2.24, 2.45) is 0 Å². The van der Waals surface area contributed by atoms with Crippen LogP contribution in [0, 0.1) is 0 Å². The first kappa shape index (κ1) is 12.7. The lowest BCUT2D eigenvalue weighted by Gasteiger charge is -2.03. The first-order chi connectivity index (χ1) is 5.77. The summed E-state index contributed by atoms with van der Waals surface area (Å²) >= 11 is 8.42. The van der Waals surface area contributed by atoms with E-state index in [2.05, 4.69) is 30.6 Å². The van der Waals surface area contributed by atoms with Gasteiger partial charge in [-0.3, -0.25) is 0 Å². The molecule has 0 aromatic carbocycles. The molecule has 0 aliphatic heterocycles. The number of rotatable bonds is 8. The van der Waals surface area contributed by atoms with E-state index in [-0.39, 0.29) is 4.58 Å². The molecule has 0 bridgehead atoms. The van der Waals surface area contributed by atoms with Crippen molar-refractivity contribution in [3.8, 4) is 0 Å². The average Bonchev–Trinajstić information content (AvgIpc) is 2.02. The quantitative estimate of drug-likeness (QED) is 0.316. The summed E-state index contributed by atoms with van der Waals surface area (Å²) in [6.45, 7) is 1.15. The monoisotopic (exact) mass is 207 g/mol. The maximum atomic E-state index is 4.21. The minimum absolute atomic E-state index is 0.280. The highest BCUT2D eigenvalue weighted by Gasteiger charge is 1.94. The van der Waals surface area contributed by atoms with Crippen LogP contribution in [0.25, 0.3) is 0 Å². The van der Waals surface area contributed by atoms with E-state index in [4.69, 9.17) is 0 Å². The maximum Gasteiger partial charge on any atom is 0.0442 e. The van der Waals surface area contributed by atoms with Gasteiger partial charge in [0.05, 0.1) is 0 Å². The van der Waals surface area contributed by atoms with Crippen molar-refractivity contribution in [1.29, 1.82) is 0 Å². The van der Waals surface area contributed by atoms with Gasteiger partial charge in [0, 0.05) is 4.58 Å². The van der Waals surface area contributed by atoms with Gasteiger partial charge in [-0.05, 0) is 26.4 Å². The zero-order valence-corrected chi connectivity index (χ0v) is 9.71. The average molecular weight is 207 g/mol. The van der Waals surface area contributed by atoms with E-state index >= 15 is 0 Å². The second-order valence-corrected chi connectivity index (χ2v) is 4.79. The molecule has 0 heterocycles. The number of hydrogen-bond acceptors (Lipinski definition) is 3. The molecule has 0 spiro atoms. The first-order valence-electron chi connectivity index (χ1n) is 4.78. The molecule has 0 saturated carbocycles. The molecule has 0 aliphatic rings. The van der Waals surface area contributed by atoms with Gasteiger partial charge < -0.3 is 5.32 Å². The van der Waals surface area contributed by atoms with Crippen molar-refractivity contribution in [2.75, 3.05) is 13.6 Å². The Morgan fingerprint density at radius 1 is 1.00 bits per heavy atom. The second-order valence-electron chi connectivity index (χ2n) is 3.14.